The number of aryl methyl sites for hydroxylation is 1. The highest BCUT2D eigenvalue weighted by atomic mass is 35.5. The lowest BCUT2D eigenvalue weighted by Crippen LogP contribution is -2.33. The molecule has 6 nitrogen and oxygen atoms in total. The van der Waals surface area contributed by atoms with Crippen LogP contribution >= 0.6 is 23.4 Å². The molecule has 2 aromatic rings. The number of thioether (sulfide) groups is 1. The Labute approximate surface area is 175 Å². The number of amides is 1. The van der Waals surface area contributed by atoms with E-state index >= 15 is 0 Å². The molecule has 1 aliphatic rings. The minimum Gasteiger partial charge on any atom is -0.481 e. The van der Waals surface area contributed by atoms with Crippen molar-refractivity contribution < 1.29 is 9.53 Å². The molecule has 0 saturated heterocycles. The number of aromatic nitrogens is 3. The Morgan fingerprint density at radius 3 is 2.86 bits per heavy atom. The smallest absolute Gasteiger partial charge is 0.230 e. The summed E-state index contributed by atoms with van der Waals surface area (Å²) in [7, 11) is 0. The molecule has 1 heterocycles. The van der Waals surface area contributed by atoms with Gasteiger partial charge in [-0.3, -0.25) is 4.79 Å². The fraction of sp³-hybridized carbons (Fsp3) is 0.550. The molecule has 1 saturated carbocycles. The predicted octanol–water partition coefficient (Wildman–Crippen LogP) is 4.55. The van der Waals surface area contributed by atoms with Crippen LogP contribution in [0.3, 0.4) is 0 Å². The lowest BCUT2D eigenvalue weighted by molar-refractivity contribution is -0.119. The number of benzene rings is 1. The number of carbonyl (C=O) groups is 1. The average Bonchev–Trinajstić information content (AvgIpc) is 3.32. The Kier molecular flexibility index (Phi) is 7.24. The molecule has 1 aromatic heterocycles. The van der Waals surface area contributed by atoms with Crippen LogP contribution in [-0.2, 0) is 11.3 Å². The molecule has 0 radical (unpaired) electrons. The first kappa shape index (κ1) is 21.0. The van der Waals surface area contributed by atoms with Gasteiger partial charge in [0.05, 0.1) is 10.8 Å². The molecule has 8 heteroatoms. The maximum absolute atomic E-state index is 12.2. The molecule has 3 rings (SSSR count). The summed E-state index contributed by atoms with van der Waals surface area (Å²) in [5.41, 5.74) is 1.08. The van der Waals surface area contributed by atoms with Crippen molar-refractivity contribution in [3.8, 4) is 5.75 Å². The van der Waals surface area contributed by atoms with E-state index in [1.165, 1.54) is 24.6 Å². The Morgan fingerprint density at radius 2 is 2.14 bits per heavy atom. The first-order chi connectivity index (χ1) is 13.5. The number of hydrogen-bond acceptors (Lipinski definition) is 5. The topological polar surface area (TPSA) is 69.0 Å². The van der Waals surface area contributed by atoms with Gasteiger partial charge in [-0.05, 0) is 51.3 Å². The van der Waals surface area contributed by atoms with Crippen molar-refractivity contribution >= 4 is 29.3 Å². The van der Waals surface area contributed by atoms with E-state index in [-0.39, 0.29) is 12.0 Å². The first-order valence-corrected chi connectivity index (χ1v) is 11.1. The minimum absolute atomic E-state index is 0.0555. The van der Waals surface area contributed by atoms with Crippen LogP contribution < -0.4 is 10.1 Å². The third-order valence-electron chi connectivity index (χ3n) is 4.87. The third kappa shape index (κ3) is 5.20. The highest BCUT2D eigenvalue weighted by molar-refractivity contribution is 7.99. The van der Waals surface area contributed by atoms with Crippen molar-refractivity contribution in [2.24, 2.45) is 0 Å². The molecule has 1 aromatic carbocycles. The Balaban J connectivity index is 1.63. The average molecular weight is 423 g/mol. The summed E-state index contributed by atoms with van der Waals surface area (Å²) in [5.74, 6) is 1.75. The fourth-order valence-electron chi connectivity index (χ4n) is 3.42. The molecule has 1 amide bonds. The quantitative estimate of drug-likeness (QED) is 0.632. The van der Waals surface area contributed by atoms with Gasteiger partial charge < -0.3 is 14.6 Å². The predicted molar refractivity (Wildman–Crippen MR) is 112 cm³/mol. The molecule has 0 bridgehead atoms. The van der Waals surface area contributed by atoms with E-state index in [0.717, 1.165) is 29.4 Å². The maximum Gasteiger partial charge on any atom is 0.230 e. The van der Waals surface area contributed by atoms with E-state index in [1.54, 1.807) is 0 Å². The van der Waals surface area contributed by atoms with E-state index in [9.17, 15) is 4.79 Å². The van der Waals surface area contributed by atoms with Gasteiger partial charge in [-0.1, -0.05) is 42.3 Å². The minimum atomic E-state index is -0.312. The first-order valence-electron chi connectivity index (χ1n) is 9.76. The van der Waals surface area contributed by atoms with Crippen LogP contribution in [-0.4, -0.2) is 32.5 Å². The van der Waals surface area contributed by atoms with E-state index < -0.39 is 0 Å². The fourth-order valence-corrected chi connectivity index (χ4v) is 4.40. The van der Waals surface area contributed by atoms with Gasteiger partial charge in [-0.25, -0.2) is 0 Å². The van der Waals surface area contributed by atoms with Gasteiger partial charge in [0.1, 0.15) is 5.75 Å². The van der Waals surface area contributed by atoms with Gasteiger partial charge in [0.25, 0.3) is 0 Å². The highest BCUT2D eigenvalue weighted by Crippen LogP contribution is 2.30. The largest absolute Gasteiger partial charge is 0.481 e. The molecule has 1 N–H and O–H groups in total. The number of ether oxygens (including phenoxy) is 1. The van der Waals surface area contributed by atoms with Gasteiger partial charge in [0.2, 0.25) is 5.91 Å². The summed E-state index contributed by atoms with van der Waals surface area (Å²) in [6, 6.07) is 6.02. The summed E-state index contributed by atoms with van der Waals surface area (Å²) < 4.78 is 8.03. The molecule has 28 heavy (non-hydrogen) atoms. The maximum atomic E-state index is 12.2. The van der Waals surface area contributed by atoms with Gasteiger partial charge in [0, 0.05) is 12.6 Å². The van der Waals surface area contributed by atoms with Crippen molar-refractivity contribution in [1.82, 2.24) is 20.1 Å². The van der Waals surface area contributed by atoms with Crippen molar-refractivity contribution in [2.45, 2.75) is 70.3 Å². The number of halogens is 1. The third-order valence-corrected chi connectivity index (χ3v) is 6.15. The number of carbonyl (C=O) groups excluding carboxylic acids is 1. The number of rotatable bonds is 8. The SMILES string of the molecule is CCn1c(SCC(=O)NC2CCCC2)nnc1C(C)Oc1cc(C)ccc1Cl. The van der Waals surface area contributed by atoms with Crippen molar-refractivity contribution in [3.63, 3.8) is 0 Å². The molecule has 0 aliphatic heterocycles. The second kappa shape index (κ2) is 9.65. The molecule has 0 spiro atoms. The summed E-state index contributed by atoms with van der Waals surface area (Å²) in [5, 5.41) is 13.0. The molecular formula is C20H27ClN4O2S. The van der Waals surface area contributed by atoms with Crippen LogP contribution in [0.5, 0.6) is 5.75 Å². The summed E-state index contributed by atoms with van der Waals surface area (Å²) >= 11 is 7.65. The van der Waals surface area contributed by atoms with Crippen LogP contribution in [0.1, 0.15) is 57.0 Å². The molecule has 1 aliphatic carbocycles. The normalized spacial score (nSPS) is 15.6. The van der Waals surface area contributed by atoms with Crippen LogP contribution in [0.2, 0.25) is 5.02 Å². The van der Waals surface area contributed by atoms with Gasteiger partial charge in [-0.2, -0.15) is 0 Å². The van der Waals surface area contributed by atoms with Gasteiger partial charge >= 0.3 is 0 Å². The van der Waals surface area contributed by atoms with Gasteiger partial charge in [0.15, 0.2) is 17.1 Å². The van der Waals surface area contributed by atoms with Crippen molar-refractivity contribution in [2.75, 3.05) is 5.75 Å². The molecule has 1 fully saturated rings. The monoisotopic (exact) mass is 422 g/mol. The van der Waals surface area contributed by atoms with E-state index in [4.69, 9.17) is 16.3 Å². The Hall–Kier alpha value is -1.73. The Morgan fingerprint density at radius 1 is 1.39 bits per heavy atom. The van der Waals surface area contributed by atoms with E-state index in [0.29, 0.717) is 29.1 Å². The number of hydrogen-bond donors (Lipinski definition) is 1. The standard InChI is InChI=1S/C20H27ClN4O2S/c1-4-25-19(14(3)27-17-11-13(2)9-10-16(17)21)23-24-20(25)28-12-18(26)22-15-7-5-6-8-15/h9-11,14-15H,4-8,12H2,1-3H3,(H,22,26). The molecule has 1 atom stereocenters. The number of nitrogens with zero attached hydrogens (tertiary/aromatic N) is 3. The van der Waals surface area contributed by atoms with E-state index in [2.05, 4.69) is 15.5 Å². The summed E-state index contributed by atoms with van der Waals surface area (Å²) in [6.07, 6.45) is 4.26. The zero-order valence-electron chi connectivity index (χ0n) is 16.6. The summed E-state index contributed by atoms with van der Waals surface area (Å²) in [6.45, 7) is 6.65. The lowest BCUT2D eigenvalue weighted by atomic mass is 10.2. The van der Waals surface area contributed by atoms with Crippen LogP contribution in [0.15, 0.2) is 23.4 Å². The van der Waals surface area contributed by atoms with Crippen LogP contribution in [0, 0.1) is 6.92 Å². The summed E-state index contributed by atoms with van der Waals surface area (Å²) in [4.78, 5) is 12.2. The zero-order chi connectivity index (χ0) is 20.1. The highest BCUT2D eigenvalue weighted by Gasteiger charge is 2.21. The van der Waals surface area contributed by atoms with E-state index in [1.807, 2.05) is 43.5 Å². The zero-order valence-corrected chi connectivity index (χ0v) is 18.1. The number of nitrogens with one attached hydrogen (secondary N) is 1. The lowest BCUT2D eigenvalue weighted by Gasteiger charge is -2.17. The van der Waals surface area contributed by atoms with Gasteiger partial charge in [-0.15, -0.1) is 10.2 Å². The van der Waals surface area contributed by atoms with Crippen molar-refractivity contribution in [3.05, 3.63) is 34.6 Å². The van der Waals surface area contributed by atoms with Crippen LogP contribution in [0.25, 0.3) is 0 Å². The van der Waals surface area contributed by atoms with Crippen molar-refractivity contribution in [1.29, 1.82) is 0 Å². The van der Waals surface area contributed by atoms with Crippen LogP contribution in [0.4, 0.5) is 0 Å². The molecule has 152 valence electrons. The Bertz CT molecular complexity index is 821. The second-order valence-corrected chi connectivity index (χ2v) is 8.47. The molecule has 1 unspecified atom stereocenters. The second-order valence-electron chi connectivity index (χ2n) is 7.12. The molecular weight excluding hydrogens is 396 g/mol.